The van der Waals surface area contributed by atoms with Crippen molar-refractivity contribution < 1.29 is 8.63 Å². The van der Waals surface area contributed by atoms with Crippen molar-refractivity contribution in [2.24, 2.45) is 0 Å². The molecule has 2 aromatic rings. The van der Waals surface area contributed by atoms with Crippen LogP contribution in [0, 0.1) is 4.51 Å². The number of hydrogen-bond acceptors (Lipinski definition) is 5. The Morgan fingerprint density at radius 1 is 1.65 bits per heavy atom. The molecule has 4 nitrogen and oxygen atoms in total. The van der Waals surface area contributed by atoms with Crippen LogP contribution in [0.3, 0.4) is 0 Å². The van der Waals surface area contributed by atoms with Gasteiger partial charge >= 0.3 is 0 Å². The molecule has 0 aliphatic heterocycles. The van der Waals surface area contributed by atoms with Gasteiger partial charge in [-0.05, 0) is 28.8 Å². The molecule has 2 aromatic heterocycles. The Bertz CT molecular complexity index is 780. The molecule has 0 spiro atoms. The highest BCUT2D eigenvalue weighted by atomic mass is 79.9. The molecular weight excluding hydrogens is 380 g/mol. The molecule has 0 aliphatic rings. The predicted octanol–water partition coefficient (Wildman–Crippen LogP) is 3.59. The molecule has 2 heterocycles. The molecule has 0 saturated carbocycles. The highest BCUT2D eigenvalue weighted by molar-refractivity contribution is 9.10. The molecule has 0 bridgehead atoms. The molecule has 0 saturated heterocycles. The van der Waals surface area contributed by atoms with Crippen LogP contribution in [0.25, 0.3) is 10.3 Å². The Morgan fingerprint density at radius 2 is 2.35 bits per heavy atom. The van der Waals surface area contributed by atoms with Crippen LogP contribution < -0.4 is 5.32 Å². The van der Waals surface area contributed by atoms with E-state index in [0.29, 0.717) is 19.0 Å². The Hall–Kier alpha value is -0.410. The zero-order chi connectivity index (χ0) is 14.9. The van der Waals surface area contributed by atoms with Gasteiger partial charge in [-0.25, -0.2) is 4.31 Å². The fraction of sp³-hybridized carbons (Fsp3) is 0.333. The summed E-state index contributed by atoms with van der Waals surface area (Å²) in [6.45, 7) is 1.20. The average Bonchev–Trinajstić information content (AvgIpc) is 2.70. The fourth-order valence-electron chi connectivity index (χ4n) is 1.53. The summed E-state index contributed by atoms with van der Waals surface area (Å²) < 4.78 is 21.8. The van der Waals surface area contributed by atoms with E-state index in [9.17, 15) is 4.21 Å². The van der Waals surface area contributed by atoms with Gasteiger partial charge in [-0.3, -0.25) is 4.21 Å². The first-order valence-corrected chi connectivity index (χ1v) is 9.94. The first-order chi connectivity index (χ1) is 9.29. The number of anilines is 1. The van der Waals surface area contributed by atoms with Crippen LogP contribution >= 0.6 is 39.5 Å². The molecule has 1 N–H and O–H groups in total. The molecule has 0 fully saturated rings. The van der Waals surface area contributed by atoms with Crippen molar-refractivity contribution in [2.75, 3.05) is 31.7 Å². The molecule has 1 unspecified atom stereocenters. The number of hydrogen-bond donors (Lipinski definition) is 1. The summed E-state index contributed by atoms with van der Waals surface area (Å²) in [6.07, 6.45) is 1.62. The first kappa shape index (κ1) is 16.0. The summed E-state index contributed by atoms with van der Waals surface area (Å²) in [4.78, 5) is 0. The van der Waals surface area contributed by atoms with Crippen molar-refractivity contribution in [1.29, 1.82) is 0 Å². The molecule has 0 aromatic carbocycles. The number of rotatable bonds is 5. The summed E-state index contributed by atoms with van der Waals surface area (Å²) in [7, 11) is -0.378. The molecule has 8 heteroatoms. The molecule has 20 heavy (non-hydrogen) atoms. The maximum Gasteiger partial charge on any atom is 0.195 e. The number of likely N-dealkylation sites (N-methyl/N-ethyl adjacent to an activating group) is 1. The maximum atomic E-state index is 11.7. The van der Waals surface area contributed by atoms with Crippen molar-refractivity contribution in [1.82, 2.24) is 4.31 Å². The molecule has 2 rings (SSSR count). The lowest BCUT2D eigenvalue weighted by atomic mass is 10.4. The van der Waals surface area contributed by atoms with Crippen LogP contribution in [0.5, 0.6) is 0 Å². The van der Waals surface area contributed by atoms with Crippen molar-refractivity contribution in [3.05, 3.63) is 20.4 Å². The third kappa shape index (κ3) is 3.62. The van der Waals surface area contributed by atoms with Crippen LogP contribution in [0.15, 0.2) is 20.3 Å². The maximum absolute atomic E-state index is 11.7. The Kier molecular flexibility index (Phi) is 4.91. The Labute approximate surface area is 136 Å². The number of fused-ring (bicyclic) bond motifs is 1. The van der Waals surface area contributed by atoms with E-state index in [-0.39, 0.29) is 0 Å². The van der Waals surface area contributed by atoms with Crippen LogP contribution in [0.4, 0.5) is 5.88 Å². The average molecular weight is 395 g/mol. The molecule has 0 amide bonds. The lowest BCUT2D eigenvalue weighted by Gasteiger charge is -2.18. The summed E-state index contributed by atoms with van der Waals surface area (Å²) in [5.74, 6) is 4.25. The predicted molar refractivity (Wildman–Crippen MR) is 94.9 cm³/mol. The van der Waals surface area contributed by atoms with E-state index in [1.807, 2.05) is 5.38 Å². The SMILES string of the molecule is C=S(C)(=O)N(C)CCNc1cc(=S)c2scc(Br)c2o1. The minimum Gasteiger partial charge on any atom is -0.439 e. The second-order valence-electron chi connectivity index (χ2n) is 4.45. The largest absolute Gasteiger partial charge is 0.439 e. The third-order valence-electron chi connectivity index (χ3n) is 2.79. The van der Waals surface area contributed by atoms with Gasteiger partial charge in [0.2, 0.25) is 0 Å². The summed E-state index contributed by atoms with van der Waals surface area (Å²) in [6, 6.07) is 1.80. The van der Waals surface area contributed by atoms with E-state index < -0.39 is 9.71 Å². The fourth-order valence-corrected chi connectivity index (χ4v) is 3.81. The standard InChI is InChI=1S/C12H15BrN2O2S3/c1-15(20(2,3)16)5-4-14-10-6-9(18)12-11(17-10)8(13)7-19-12/h6-7,14H,2,4-5H2,1,3H3. The van der Waals surface area contributed by atoms with Crippen molar-refractivity contribution in [3.63, 3.8) is 0 Å². The van der Waals surface area contributed by atoms with Gasteiger partial charge in [-0.15, -0.1) is 11.3 Å². The summed E-state index contributed by atoms with van der Waals surface area (Å²) >= 11 is 10.3. The van der Waals surface area contributed by atoms with Gasteiger partial charge < -0.3 is 9.73 Å². The van der Waals surface area contributed by atoms with Gasteiger partial charge in [0, 0.05) is 40.5 Å². The van der Waals surface area contributed by atoms with E-state index in [4.69, 9.17) is 16.6 Å². The highest BCUT2D eigenvalue weighted by Gasteiger charge is 2.09. The van der Waals surface area contributed by atoms with Gasteiger partial charge in [-0.1, -0.05) is 12.2 Å². The van der Waals surface area contributed by atoms with E-state index in [1.165, 1.54) is 0 Å². The van der Waals surface area contributed by atoms with E-state index >= 15 is 0 Å². The van der Waals surface area contributed by atoms with Crippen molar-refractivity contribution >= 4 is 71.2 Å². The van der Waals surface area contributed by atoms with Crippen LogP contribution in [-0.4, -0.2) is 40.8 Å². The molecule has 1 atom stereocenters. The topological polar surface area (TPSA) is 45.5 Å². The minimum atomic E-state index is -2.16. The van der Waals surface area contributed by atoms with E-state index in [1.54, 1.807) is 35.0 Å². The van der Waals surface area contributed by atoms with Gasteiger partial charge in [0.15, 0.2) is 11.5 Å². The van der Waals surface area contributed by atoms with Crippen LogP contribution in [0.2, 0.25) is 0 Å². The van der Waals surface area contributed by atoms with E-state index in [0.717, 1.165) is 19.3 Å². The zero-order valence-electron chi connectivity index (χ0n) is 11.1. The minimum absolute atomic E-state index is 0.600. The number of nitrogens with zero attached hydrogens (tertiary/aromatic N) is 1. The van der Waals surface area contributed by atoms with Crippen molar-refractivity contribution in [3.8, 4) is 0 Å². The lowest BCUT2D eigenvalue weighted by molar-refractivity contribution is 0.533. The first-order valence-electron chi connectivity index (χ1n) is 5.77. The second-order valence-corrected chi connectivity index (χ2v) is 9.17. The smallest absolute Gasteiger partial charge is 0.195 e. The van der Waals surface area contributed by atoms with Crippen molar-refractivity contribution in [2.45, 2.75) is 0 Å². The Morgan fingerprint density at radius 3 is 3.00 bits per heavy atom. The zero-order valence-corrected chi connectivity index (χ0v) is 15.2. The Balaban J connectivity index is 2.11. The molecular formula is C12H15BrN2O2S3. The van der Waals surface area contributed by atoms with Gasteiger partial charge in [0.25, 0.3) is 0 Å². The summed E-state index contributed by atoms with van der Waals surface area (Å²) in [5.41, 5.74) is 0.759. The van der Waals surface area contributed by atoms with Gasteiger partial charge in [0.05, 0.1) is 13.7 Å². The summed E-state index contributed by atoms with van der Waals surface area (Å²) in [5, 5.41) is 5.11. The molecule has 110 valence electrons. The van der Waals surface area contributed by atoms with Gasteiger partial charge in [0.1, 0.15) is 0 Å². The van der Waals surface area contributed by atoms with E-state index in [2.05, 4.69) is 27.1 Å². The van der Waals surface area contributed by atoms with Crippen LogP contribution in [0.1, 0.15) is 0 Å². The molecule has 0 radical (unpaired) electrons. The van der Waals surface area contributed by atoms with Crippen LogP contribution in [-0.2, 0) is 9.71 Å². The molecule has 0 aliphatic carbocycles. The number of halogens is 1. The quantitative estimate of drug-likeness (QED) is 0.786. The number of thiophene rings is 1. The third-order valence-corrected chi connectivity index (χ3v) is 6.63. The lowest BCUT2D eigenvalue weighted by Crippen LogP contribution is -2.30. The monoisotopic (exact) mass is 394 g/mol. The number of nitrogens with one attached hydrogen (secondary N) is 1. The highest BCUT2D eigenvalue weighted by Crippen LogP contribution is 2.33. The second kappa shape index (κ2) is 6.15. The van der Waals surface area contributed by atoms with Gasteiger partial charge in [-0.2, -0.15) is 0 Å². The normalized spacial score (nSPS) is 14.6.